The van der Waals surface area contributed by atoms with Crippen LogP contribution in [0, 0.1) is 22.0 Å². The lowest BCUT2D eigenvalue weighted by Gasteiger charge is -2.48. The molecule has 2 atom stereocenters. The van der Waals surface area contributed by atoms with Gasteiger partial charge in [0.1, 0.15) is 5.92 Å². The van der Waals surface area contributed by atoms with Crippen LogP contribution in [0.2, 0.25) is 0 Å². The molecule has 1 heterocycles. The van der Waals surface area contributed by atoms with E-state index < -0.39 is 46.0 Å². The largest absolute Gasteiger partial charge is 0.478 e. The number of carboxylic acids is 1. The second-order valence-electron chi connectivity index (χ2n) is 8.51. The lowest BCUT2D eigenvalue weighted by Crippen LogP contribution is -2.57. The summed E-state index contributed by atoms with van der Waals surface area (Å²) in [5.74, 6) is -5.48. The number of hydrogen-bond donors (Lipinski definition) is 1. The van der Waals surface area contributed by atoms with Gasteiger partial charge in [-0.3, -0.25) is 19.7 Å². The highest BCUT2D eigenvalue weighted by Crippen LogP contribution is 2.64. The fourth-order valence-corrected chi connectivity index (χ4v) is 6.13. The molecule has 7 rings (SSSR count). The van der Waals surface area contributed by atoms with E-state index in [2.05, 4.69) is 0 Å². The van der Waals surface area contributed by atoms with E-state index in [-0.39, 0.29) is 11.3 Å². The average Bonchev–Trinajstić information content (AvgIpc) is 3.09. The number of anilines is 1. The number of carbonyl (C=O) groups excluding carboxylic acids is 2. The summed E-state index contributed by atoms with van der Waals surface area (Å²) in [6.07, 6.45) is 0. The van der Waals surface area contributed by atoms with Crippen LogP contribution >= 0.6 is 0 Å². The van der Waals surface area contributed by atoms with E-state index in [1.54, 1.807) is 48.5 Å². The lowest BCUT2D eigenvalue weighted by molar-refractivity contribution is -0.578. The van der Waals surface area contributed by atoms with Crippen LogP contribution in [0.25, 0.3) is 0 Å². The summed E-state index contributed by atoms with van der Waals surface area (Å²) >= 11 is 0. The zero-order valence-corrected chi connectivity index (χ0v) is 17.0. The number of aromatic carboxylic acids is 1. The number of amides is 2. The first-order valence-electron chi connectivity index (χ1n) is 10.4. The Morgan fingerprint density at radius 2 is 1.42 bits per heavy atom. The Kier molecular flexibility index (Phi) is 3.73. The van der Waals surface area contributed by atoms with Crippen LogP contribution in [0.1, 0.15) is 38.5 Å². The molecule has 0 aromatic heterocycles. The van der Waals surface area contributed by atoms with E-state index in [0.29, 0.717) is 22.3 Å². The predicted molar refractivity (Wildman–Crippen MR) is 115 cm³/mol. The van der Waals surface area contributed by atoms with Crippen LogP contribution in [0.4, 0.5) is 5.69 Å². The Morgan fingerprint density at radius 1 is 0.879 bits per heavy atom. The van der Waals surface area contributed by atoms with Crippen molar-refractivity contribution in [3.05, 3.63) is 111 Å². The fraction of sp³-hybridized carbons (Fsp3) is 0.160. The number of rotatable bonds is 3. The van der Waals surface area contributed by atoms with Crippen LogP contribution in [0.5, 0.6) is 0 Å². The Bertz CT molecular complexity index is 1370. The fourth-order valence-electron chi connectivity index (χ4n) is 6.13. The van der Waals surface area contributed by atoms with E-state index in [9.17, 15) is 29.6 Å². The summed E-state index contributed by atoms with van der Waals surface area (Å²) in [7, 11) is 0. The van der Waals surface area contributed by atoms with Crippen molar-refractivity contribution in [1.82, 2.24) is 0 Å². The van der Waals surface area contributed by atoms with Crippen LogP contribution in [0.15, 0.2) is 72.8 Å². The number of nitro groups is 1. The molecule has 1 fully saturated rings. The summed E-state index contributed by atoms with van der Waals surface area (Å²) in [6, 6.07) is 19.5. The van der Waals surface area contributed by atoms with Crippen molar-refractivity contribution in [2.24, 2.45) is 11.8 Å². The minimum absolute atomic E-state index is 0.0691. The Balaban J connectivity index is 1.67. The molecule has 0 unspecified atom stereocenters. The predicted octanol–water partition coefficient (Wildman–Crippen LogP) is 3.17. The summed E-state index contributed by atoms with van der Waals surface area (Å²) in [6.45, 7) is 0. The highest BCUT2D eigenvalue weighted by molar-refractivity contribution is 6.25. The third-order valence-electron chi connectivity index (χ3n) is 7.24. The molecular formula is C25H16N2O6. The van der Waals surface area contributed by atoms with Crippen molar-refractivity contribution >= 4 is 23.5 Å². The minimum atomic E-state index is -1.94. The molecule has 8 heteroatoms. The third kappa shape index (κ3) is 2.12. The first-order valence-corrected chi connectivity index (χ1v) is 10.4. The van der Waals surface area contributed by atoms with Crippen molar-refractivity contribution in [2.75, 3.05) is 4.90 Å². The van der Waals surface area contributed by atoms with Crippen molar-refractivity contribution in [1.29, 1.82) is 0 Å². The maximum Gasteiger partial charge on any atom is 0.337 e. The molecule has 4 aliphatic rings. The first-order chi connectivity index (χ1) is 15.9. The Morgan fingerprint density at radius 3 is 2.00 bits per heavy atom. The van der Waals surface area contributed by atoms with Gasteiger partial charge in [-0.2, -0.15) is 0 Å². The zero-order chi connectivity index (χ0) is 23.1. The van der Waals surface area contributed by atoms with Gasteiger partial charge in [-0.25, -0.2) is 9.69 Å². The molecule has 3 aromatic carbocycles. The normalized spacial score (nSPS) is 26.5. The molecule has 1 saturated heterocycles. The number of hydrogen-bond acceptors (Lipinski definition) is 5. The maximum absolute atomic E-state index is 13.9. The second-order valence-corrected chi connectivity index (χ2v) is 8.51. The Hall–Kier alpha value is -4.33. The maximum atomic E-state index is 13.9. The van der Waals surface area contributed by atoms with Gasteiger partial charge >= 0.3 is 5.97 Å². The van der Waals surface area contributed by atoms with E-state index >= 15 is 0 Å². The van der Waals surface area contributed by atoms with Crippen LogP contribution in [0.3, 0.4) is 0 Å². The number of benzene rings is 3. The van der Waals surface area contributed by atoms with Crippen LogP contribution in [-0.2, 0) is 15.1 Å². The van der Waals surface area contributed by atoms with Gasteiger partial charge in [0.15, 0.2) is 0 Å². The lowest BCUT2D eigenvalue weighted by atomic mass is 9.51. The van der Waals surface area contributed by atoms with Gasteiger partial charge in [-0.05, 0) is 23.3 Å². The highest BCUT2D eigenvalue weighted by Gasteiger charge is 2.75. The van der Waals surface area contributed by atoms with Gasteiger partial charge in [0.05, 0.1) is 17.2 Å². The van der Waals surface area contributed by atoms with Gasteiger partial charge in [-0.1, -0.05) is 60.7 Å². The van der Waals surface area contributed by atoms with Crippen molar-refractivity contribution in [3.8, 4) is 0 Å². The quantitative estimate of drug-likeness (QED) is 0.380. The number of carboxylic acid groups (broad SMARTS) is 1. The molecule has 2 amide bonds. The number of para-hydroxylation sites is 1. The summed E-state index contributed by atoms with van der Waals surface area (Å²) in [5.41, 5.74) is -0.0845. The van der Waals surface area contributed by atoms with E-state index in [0.717, 1.165) is 4.90 Å². The Labute approximate surface area is 187 Å². The van der Waals surface area contributed by atoms with Gasteiger partial charge in [-0.15, -0.1) is 0 Å². The summed E-state index contributed by atoms with van der Waals surface area (Å²) < 4.78 is 0. The van der Waals surface area contributed by atoms with E-state index in [1.807, 2.05) is 0 Å². The van der Waals surface area contributed by atoms with Gasteiger partial charge in [0.25, 0.3) is 5.54 Å². The number of nitrogens with zero attached hydrogens (tertiary/aromatic N) is 2. The number of imide groups is 1. The molecule has 1 aliphatic heterocycles. The van der Waals surface area contributed by atoms with Crippen molar-refractivity contribution < 1.29 is 24.4 Å². The summed E-state index contributed by atoms with van der Waals surface area (Å²) in [5, 5.41) is 22.5. The number of carbonyl (C=O) groups is 3. The minimum Gasteiger partial charge on any atom is -0.478 e. The molecule has 8 nitrogen and oxygen atoms in total. The van der Waals surface area contributed by atoms with E-state index in [4.69, 9.17) is 0 Å². The molecule has 33 heavy (non-hydrogen) atoms. The smallest absolute Gasteiger partial charge is 0.337 e. The molecule has 0 radical (unpaired) electrons. The van der Waals surface area contributed by atoms with Gasteiger partial charge < -0.3 is 5.11 Å². The van der Waals surface area contributed by atoms with Gasteiger partial charge in [0, 0.05) is 22.0 Å². The van der Waals surface area contributed by atoms with Crippen molar-refractivity contribution in [3.63, 3.8) is 0 Å². The molecule has 2 bridgehead atoms. The summed E-state index contributed by atoms with van der Waals surface area (Å²) in [4.78, 5) is 52.8. The molecule has 1 N–H and O–H groups in total. The van der Waals surface area contributed by atoms with E-state index in [1.165, 1.54) is 24.3 Å². The van der Waals surface area contributed by atoms with Crippen LogP contribution in [-0.4, -0.2) is 27.8 Å². The van der Waals surface area contributed by atoms with Crippen molar-refractivity contribution in [2.45, 2.75) is 11.5 Å². The molecule has 3 aromatic rings. The molecular weight excluding hydrogens is 424 g/mol. The SMILES string of the molecule is O=C(O)c1ccccc1N1C(=O)[C@@H]2C3c4ccccc4C([N+](=O)[O-])(c4ccccc43)[C@@H]2C1=O. The molecule has 3 aliphatic carbocycles. The van der Waals surface area contributed by atoms with Gasteiger partial charge in [0.2, 0.25) is 11.8 Å². The topological polar surface area (TPSA) is 118 Å². The zero-order valence-electron chi connectivity index (χ0n) is 17.0. The first kappa shape index (κ1) is 19.4. The molecule has 0 saturated carbocycles. The standard InChI is InChI=1S/C25H16N2O6/c28-22-20-19-13-7-1-4-10-16(13)25(27(32)33,17-11-5-2-8-14(17)19)21(20)23(29)26(22)18-12-6-3-9-15(18)24(30)31/h1-12,19-21H,(H,30,31)/t19?,20-,21+,25?/m1/s1. The molecule has 0 spiro atoms. The highest BCUT2D eigenvalue weighted by atomic mass is 16.6. The molecule has 162 valence electrons. The average molecular weight is 440 g/mol. The third-order valence-corrected chi connectivity index (χ3v) is 7.24. The monoisotopic (exact) mass is 440 g/mol. The second kappa shape index (κ2) is 6.35. The van der Waals surface area contributed by atoms with Crippen LogP contribution < -0.4 is 4.90 Å².